The Morgan fingerprint density at radius 1 is 0.957 bits per heavy atom. The molecule has 11 nitrogen and oxygen atoms in total. The van der Waals surface area contributed by atoms with Crippen LogP contribution in [-0.4, -0.2) is 78.9 Å². The van der Waals surface area contributed by atoms with Crippen molar-refractivity contribution < 1.29 is 9.59 Å². The van der Waals surface area contributed by atoms with E-state index in [0.29, 0.717) is 35.9 Å². The van der Waals surface area contributed by atoms with E-state index < -0.39 is 0 Å². The highest BCUT2D eigenvalue weighted by Crippen LogP contribution is 2.40. The Balaban J connectivity index is 1.27. The Kier molecular flexibility index (Phi) is 8.54. The highest BCUT2D eigenvalue weighted by molar-refractivity contribution is 6.07. The predicted octanol–water partition coefficient (Wildman–Crippen LogP) is 5.24. The molecule has 2 aliphatic rings. The van der Waals surface area contributed by atoms with Crippen molar-refractivity contribution >= 4 is 34.2 Å². The van der Waals surface area contributed by atoms with Crippen LogP contribution in [0.2, 0.25) is 0 Å². The lowest BCUT2D eigenvalue weighted by Crippen LogP contribution is -2.40. The average Bonchev–Trinajstić information content (AvgIpc) is 3.89. The van der Waals surface area contributed by atoms with Crippen LogP contribution in [-0.2, 0) is 11.3 Å². The number of nitrogens with one attached hydrogen (secondary N) is 1. The van der Waals surface area contributed by atoms with Gasteiger partial charge in [0, 0.05) is 60.0 Å². The van der Waals surface area contributed by atoms with Crippen LogP contribution in [0.4, 0.5) is 11.5 Å². The number of likely N-dealkylation sites (tertiary alicyclic amines) is 2. The van der Waals surface area contributed by atoms with Gasteiger partial charge in [-0.3, -0.25) is 19.0 Å². The van der Waals surface area contributed by atoms with Gasteiger partial charge in [-0.1, -0.05) is 36.9 Å². The quantitative estimate of drug-likeness (QED) is 0.214. The van der Waals surface area contributed by atoms with E-state index in [1.54, 1.807) is 18.3 Å². The number of nitrogen functional groups attached to an aromatic ring is 1. The SMILES string of the molecule is C=CC(=O)N1CCCC(n2nc(-c3ccc(NC(=O)c4ccccc4)cc3)c3c(N)ncc(-c4cnn(CCN5CCCC5)c4)c32)C1. The van der Waals surface area contributed by atoms with E-state index >= 15 is 0 Å². The molecule has 1 atom stereocenters. The smallest absolute Gasteiger partial charge is 0.255 e. The number of pyridine rings is 1. The molecular formula is C36H39N9O2. The molecule has 5 aromatic rings. The van der Waals surface area contributed by atoms with E-state index in [1.807, 2.05) is 62.9 Å². The zero-order chi connectivity index (χ0) is 32.3. The van der Waals surface area contributed by atoms with E-state index in [9.17, 15) is 9.59 Å². The van der Waals surface area contributed by atoms with E-state index in [-0.39, 0.29) is 17.9 Å². The van der Waals surface area contributed by atoms with Gasteiger partial charge in [0.05, 0.1) is 29.7 Å². The first-order valence-electron chi connectivity index (χ1n) is 16.3. The molecule has 47 heavy (non-hydrogen) atoms. The van der Waals surface area contributed by atoms with Crippen molar-refractivity contribution in [3.05, 3.63) is 91.4 Å². The van der Waals surface area contributed by atoms with Crippen molar-refractivity contribution in [3.63, 3.8) is 0 Å². The fourth-order valence-corrected chi connectivity index (χ4v) is 6.74. The minimum atomic E-state index is -0.178. The molecule has 11 heteroatoms. The van der Waals surface area contributed by atoms with Crippen LogP contribution in [0, 0.1) is 0 Å². The Bertz CT molecular complexity index is 1910. The molecule has 2 fully saturated rings. The number of fused-ring (bicyclic) bond motifs is 1. The molecule has 2 saturated heterocycles. The summed E-state index contributed by atoms with van der Waals surface area (Å²) in [7, 11) is 0. The number of carbonyl (C=O) groups is 2. The van der Waals surface area contributed by atoms with Crippen LogP contribution in [0.3, 0.4) is 0 Å². The topological polar surface area (TPSA) is 127 Å². The summed E-state index contributed by atoms with van der Waals surface area (Å²) < 4.78 is 4.03. The number of piperidine rings is 1. The molecule has 3 aromatic heterocycles. The second-order valence-corrected chi connectivity index (χ2v) is 12.3. The monoisotopic (exact) mass is 629 g/mol. The fourth-order valence-electron chi connectivity index (χ4n) is 6.74. The summed E-state index contributed by atoms with van der Waals surface area (Å²) in [5.74, 6) is 0.117. The number of benzene rings is 2. The molecule has 2 aromatic carbocycles. The van der Waals surface area contributed by atoms with E-state index in [1.165, 1.54) is 18.9 Å². The minimum absolute atomic E-state index is 0.0703. The fraction of sp³-hybridized carbons (Fsp3) is 0.306. The molecule has 0 bridgehead atoms. The maximum Gasteiger partial charge on any atom is 0.255 e. The van der Waals surface area contributed by atoms with Crippen molar-refractivity contribution in [1.29, 1.82) is 0 Å². The van der Waals surface area contributed by atoms with Crippen LogP contribution in [0.15, 0.2) is 85.8 Å². The molecule has 0 radical (unpaired) electrons. The number of rotatable bonds is 9. The van der Waals surface area contributed by atoms with Crippen LogP contribution in [0.25, 0.3) is 33.3 Å². The van der Waals surface area contributed by atoms with Gasteiger partial charge in [-0.15, -0.1) is 0 Å². The van der Waals surface area contributed by atoms with Crippen LogP contribution in [0.5, 0.6) is 0 Å². The second kappa shape index (κ2) is 13.2. The molecule has 2 amide bonds. The molecule has 2 aliphatic heterocycles. The number of nitrogens with two attached hydrogens (primary N) is 1. The lowest BCUT2D eigenvalue weighted by Gasteiger charge is -2.32. The van der Waals surface area contributed by atoms with Gasteiger partial charge in [-0.05, 0) is 69.1 Å². The zero-order valence-electron chi connectivity index (χ0n) is 26.4. The van der Waals surface area contributed by atoms with Crippen molar-refractivity contribution in [2.75, 3.05) is 43.8 Å². The molecule has 240 valence electrons. The summed E-state index contributed by atoms with van der Waals surface area (Å²) in [6.07, 6.45) is 11.3. The van der Waals surface area contributed by atoms with Crippen molar-refractivity contribution in [3.8, 4) is 22.4 Å². The lowest BCUT2D eigenvalue weighted by atomic mass is 10.0. The highest BCUT2D eigenvalue weighted by atomic mass is 16.2. The Labute approximate surface area is 273 Å². The molecule has 7 rings (SSSR count). The van der Waals surface area contributed by atoms with Gasteiger partial charge >= 0.3 is 0 Å². The number of carbonyl (C=O) groups excluding carboxylic acids is 2. The predicted molar refractivity (Wildman–Crippen MR) is 184 cm³/mol. The first-order valence-corrected chi connectivity index (χ1v) is 16.3. The van der Waals surface area contributed by atoms with Crippen LogP contribution >= 0.6 is 0 Å². The largest absolute Gasteiger partial charge is 0.383 e. The molecule has 3 N–H and O–H groups in total. The first-order chi connectivity index (χ1) is 23.0. The molecular weight excluding hydrogens is 590 g/mol. The van der Waals surface area contributed by atoms with Gasteiger partial charge < -0.3 is 20.9 Å². The standard InChI is InChI=1S/C36H39N9O2/c1-2-31(46)43-18-8-11-29(24-43)45-34-30(27-21-39-44(23-27)20-19-42-16-6-7-17-42)22-38-35(37)32(34)33(41-45)25-12-14-28(15-13-25)40-36(47)26-9-4-3-5-10-26/h2-5,9-10,12-15,21-23,29H,1,6-8,11,16-20,24H2,(H2,37,38)(H,40,47). The van der Waals surface area contributed by atoms with Gasteiger partial charge in [-0.2, -0.15) is 10.2 Å². The first kappa shape index (κ1) is 30.4. The van der Waals surface area contributed by atoms with Crippen molar-refractivity contribution in [2.24, 2.45) is 0 Å². The van der Waals surface area contributed by atoms with Gasteiger partial charge in [0.25, 0.3) is 5.91 Å². The molecule has 0 spiro atoms. The molecule has 0 aliphatic carbocycles. The molecule has 0 saturated carbocycles. The Morgan fingerprint density at radius 2 is 1.74 bits per heavy atom. The van der Waals surface area contributed by atoms with E-state index in [4.69, 9.17) is 15.9 Å². The summed E-state index contributed by atoms with van der Waals surface area (Å²) in [4.78, 5) is 34.3. The third-order valence-corrected chi connectivity index (χ3v) is 9.22. The maximum atomic E-state index is 12.7. The van der Waals surface area contributed by atoms with Crippen LogP contribution in [0.1, 0.15) is 42.1 Å². The summed E-state index contributed by atoms with van der Waals surface area (Å²) in [5, 5.41) is 13.6. The van der Waals surface area contributed by atoms with Gasteiger partial charge in [0.1, 0.15) is 11.5 Å². The van der Waals surface area contributed by atoms with E-state index in [2.05, 4.69) is 28.0 Å². The number of hydrogen-bond acceptors (Lipinski definition) is 7. The number of anilines is 2. The Hall–Kier alpha value is -5.29. The van der Waals surface area contributed by atoms with Crippen molar-refractivity contribution in [1.82, 2.24) is 34.3 Å². The van der Waals surface area contributed by atoms with E-state index in [0.717, 1.165) is 66.6 Å². The molecule has 5 heterocycles. The lowest BCUT2D eigenvalue weighted by molar-refractivity contribution is -0.127. The van der Waals surface area contributed by atoms with Gasteiger partial charge in [-0.25, -0.2) is 4.98 Å². The Morgan fingerprint density at radius 3 is 2.51 bits per heavy atom. The van der Waals surface area contributed by atoms with Gasteiger partial charge in [0.15, 0.2) is 0 Å². The summed E-state index contributed by atoms with van der Waals surface area (Å²) in [5.41, 5.74) is 12.1. The number of nitrogens with zero attached hydrogens (tertiary/aromatic N) is 7. The summed E-state index contributed by atoms with van der Waals surface area (Å²) in [6, 6.07) is 16.6. The molecule has 1 unspecified atom stereocenters. The van der Waals surface area contributed by atoms with Crippen molar-refractivity contribution in [2.45, 2.75) is 38.3 Å². The number of amides is 2. The third-order valence-electron chi connectivity index (χ3n) is 9.22. The van der Waals surface area contributed by atoms with Gasteiger partial charge in [0.2, 0.25) is 5.91 Å². The number of hydrogen-bond donors (Lipinski definition) is 2. The highest BCUT2D eigenvalue weighted by Gasteiger charge is 2.29. The average molecular weight is 630 g/mol. The normalized spacial score (nSPS) is 16.9. The third kappa shape index (κ3) is 6.26. The maximum absolute atomic E-state index is 12.7. The zero-order valence-corrected chi connectivity index (χ0v) is 26.4. The van der Waals surface area contributed by atoms with Crippen LogP contribution < -0.4 is 11.1 Å². The summed E-state index contributed by atoms with van der Waals surface area (Å²) in [6.45, 7) is 8.97. The number of aromatic nitrogens is 5. The second-order valence-electron chi connectivity index (χ2n) is 12.3. The summed E-state index contributed by atoms with van der Waals surface area (Å²) >= 11 is 0. The minimum Gasteiger partial charge on any atom is -0.383 e.